The molecule has 8 nitrogen and oxygen atoms in total. The zero-order valence-corrected chi connectivity index (χ0v) is 22.8. The van der Waals surface area contributed by atoms with Crippen molar-refractivity contribution < 1.29 is 13.9 Å². The molecule has 38 heavy (non-hydrogen) atoms. The zero-order valence-electron chi connectivity index (χ0n) is 21.3. The largest absolute Gasteiger partial charge is 0.497 e. The molecule has 2 aromatic heterocycles. The standard InChI is InChI=1S/C28H30ClN5O3S/c1-36-22-7-4-6-21(18-22)19-26-30-28(38-31-26)34(20-23-8-5-17-37-23)12-11-27(35)33-15-13-32(14-16-33)25-10-3-2-9-24(25)29/h2-10,17-18H,11-16,19-20H2,1H3. The number of ether oxygens (including phenoxy) is 1. The van der Waals surface area contributed by atoms with Crippen molar-refractivity contribution in [1.29, 1.82) is 0 Å². The van der Waals surface area contributed by atoms with E-state index in [2.05, 4.69) is 14.2 Å². The van der Waals surface area contributed by atoms with E-state index in [-0.39, 0.29) is 5.91 Å². The van der Waals surface area contributed by atoms with Crippen molar-refractivity contribution in [2.75, 3.05) is 49.6 Å². The highest BCUT2D eigenvalue weighted by molar-refractivity contribution is 7.09. The van der Waals surface area contributed by atoms with Gasteiger partial charge in [-0.05, 0) is 42.0 Å². The third-order valence-electron chi connectivity index (χ3n) is 6.57. The third kappa shape index (κ3) is 6.46. The summed E-state index contributed by atoms with van der Waals surface area (Å²) in [5.41, 5.74) is 2.10. The number of amides is 1. The Morgan fingerprint density at radius 2 is 1.95 bits per heavy atom. The first kappa shape index (κ1) is 26.1. The minimum Gasteiger partial charge on any atom is -0.497 e. The van der Waals surface area contributed by atoms with E-state index in [1.807, 2.05) is 65.6 Å². The van der Waals surface area contributed by atoms with E-state index in [4.69, 9.17) is 25.7 Å². The third-order valence-corrected chi connectivity index (χ3v) is 7.71. The van der Waals surface area contributed by atoms with Crippen molar-refractivity contribution in [3.8, 4) is 5.75 Å². The molecule has 0 unspecified atom stereocenters. The van der Waals surface area contributed by atoms with E-state index in [0.29, 0.717) is 39.0 Å². The Labute approximate surface area is 231 Å². The number of anilines is 2. The van der Waals surface area contributed by atoms with Gasteiger partial charge in [0.15, 0.2) is 0 Å². The fraction of sp³-hybridized carbons (Fsp3) is 0.321. The highest BCUT2D eigenvalue weighted by Gasteiger charge is 2.24. The lowest BCUT2D eigenvalue weighted by molar-refractivity contribution is -0.131. The van der Waals surface area contributed by atoms with Crippen LogP contribution in [-0.2, 0) is 17.8 Å². The van der Waals surface area contributed by atoms with Crippen LogP contribution < -0.4 is 14.5 Å². The molecule has 4 aromatic rings. The second-order valence-electron chi connectivity index (χ2n) is 9.09. The van der Waals surface area contributed by atoms with Crippen LogP contribution in [0.1, 0.15) is 23.6 Å². The van der Waals surface area contributed by atoms with Crippen LogP contribution in [0, 0.1) is 0 Å². The van der Waals surface area contributed by atoms with Crippen LogP contribution in [0.5, 0.6) is 5.75 Å². The van der Waals surface area contributed by atoms with E-state index in [9.17, 15) is 4.79 Å². The van der Waals surface area contributed by atoms with Gasteiger partial charge >= 0.3 is 0 Å². The van der Waals surface area contributed by atoms with Crippen LogP contribution in [-0.4, -0.2) is 60.0 Å². The number of nitrogens with zero attached hydrogens (tertiary/aromatic N) is 5. The average molecular weight is 552 g/mol. The molecule has 1 fully saturated rings. The van der Waals surface area contributed by atoms with Crippen LogP contribution in [0.15, 0.2) is 71.3 Å². The van der Waals surface area contributed by atoms with Gasteiger partial charge in [-0.25, -0.2) is 4.98 Å². The molecule has 3 heterocycles. The maximum absolute atomic E-state index is 13.1. The van der Waals surface area contributed by atoms with E-state index in [1.165, 1.54) is 11.5 Å². The molecule has 10 heteroatoms. The topological polar surface area (TPSA) is 74.9 Å². The monoisotopic (exact) mass is 551 g/mol. The lowest BCUT2D eigenvalue weighted by atomic mass is 10.1. The van der Waals surface area contributed by atoms with Crippen LogP contribution in [0.2, 0.25) is 5.02 Å². The molecule has 0 bridgehead atoms. The molecule has 5 rings (SSSR count). The lowest BCUT2D eigenvalue weighted by Crippen LogP contribution is -2.49. The summed E-state index contributed by atoms with van der Waals surface area (Å²) in [5.74, 6) is 2.50. The van der Waals surface area contributed by atoms with Crippen molar-refractivity contribution in [2.24, 2.45) is 0 Å². The number of hydrogen-bond donors (Lipinski definition) is 0. The molecule has 0 atom stereocenters. The molecule has 1 amide bonds. The molecular formula is C28H30ClN5O3S. The summed E-state index contributed by atoms with van der Waals surface area (Å²) in [7, 11) is 1.66. The first-order valence-corrected chi connectivity index (χ1v) is 13.7. The van der Waals surface area contributed by atoms with Crippen molar-refractivity contribution in [3.63, 3.8) is 0 Å². The molecule has 1 aliphatic heterocycles. The number of rotatable bonds is 10. The predicted molar refractivity (Wildman–Crippen MR) is 150 cm³/mol. The number of benzene rings is 2. The fourth-order valence-electron chi connectivity index (χ4n) is 4.54. The van der Waals surface area contributed by atoms with Crippen molar-refractivity contribution in [3.05, 3.63) is 89.1 Å². The highest BCUT2D eigenvalue weighted by Crippen LogP contribution is 2.27. The van der Waals surface area contributed by atoms with E-state index in [0.717, 1.165) is 51.8 Å². The first-order chi connectivity index (χ1) is 18.6. The van der Waals surface area contributed by atoms with Gasteiger partial charge in [0.1, 0.15) is 17.3 Å². The molecule has 2 aromatic carbocycles. The summed E-state index contributed by atoms with van der Waals surface area (Å²) in [6.07, 6.45) is 2.65. The van der Waals surface area contributed by atoms with Crippen LogP contribution in [0.3, 0.4) is 0 Å². The van der Waals surface area contributed by atoms with E-state index in [1.54, 1.807) is 13.4 Å². The SMILES string of the molecule is COc1cccc(Cc2nsc(N(CCC(=O)N3CCN(c4ccccc4Cl)CC3)Cc3ccco3)n2)c1. The van der Waals surface area contributed by atoms with Crippen molar-refractivity contribution >= 4 is 39.9 Å². The number of aromatic nitrogens is 2. The Balaban J connectivity index is 1.20. The molecule has 1 aliphatic rings. The van der Waals surface area contributed by atoms with Gasteiger partial charge in [-0.15, -0.1) is 0 Å². The molecule has 0 aliphatic carbocycles. The average Bonchev–Trinajstić information content (AvgIpc) is 3.64. The number of hydrogen-bond acceptors (Lipinski definition) is 8. The Morgan fingerprint density at radius 1 is 1.11 bits per heavy atom. The number of carbonyl (C=O) groups is 1. The minimum atomic E-state index is 0.134. The second-order valence-corrected chi connectivity index (χ2v) is 10.2. The van der Waals surface area contributed by atoms with Gasteiger partial charge in [-0.3, -0.25) is 4.79 Å². The normalized spacial score (nSPS) is 13.5. The molecule has 0 radical (unpaired) electrons. The summed E-state index contributed by atoms with van der Waals surface area (Å²) in [5, 5.41) is 1.51. The van der Waals surface area contributed by atoms with Gasteiger partial charge in [0.2, 0.25) is 11.0 Å². The number of methoxy groups -OCH3 is 1. The van der Waals surface area contributed by atoms with Crippen molar-refractivity contribution in [2.45, 2.75) is 19.4 Å². The first-order valence-electron chi connectivity index (χ1n) is 12.6. The smallest absolute Gasteiger partial charge is 0.224 e. The van der Waals surface area contributed by atoms with Gasteiger partial charge in [0.25, 0.3) is 0 Å². The van der Waals surface area contributed by atoms with Crippen LogP contribution in [0.25, 0.3) is 0 Å². The summed E-state index contributed by atoms with van der Waals surface area (Å²) in [6.45, 7) is 3.91. The number of halogens is 1. The zero-order chi connectivity index (χ0) is 26.3. The molecular weight excluding hydrogens is 522 g/mol. The predicted octanol–water partition coefficient (Wildman–Crippen LogP) is 5.13. The maximum atomic E-state index is 13.1. The van der Waals surface area contributed by atoms with Gasteiger partial charge in [-0.2, -0.15) is 4.37 Å². The highest BCUT2D eigenvalue weighted by atomic mass is 35.5. The quantitative estimate of drug-likeness (QED) is 0.270. The summed E-state index contributed by atoms with van der Waals surface area (Å²) in [6, 6.07) is 19.6. The van der Waals surface area contributed by atoms with E-state index < -0.39 is 0 Å². The summed E-state index contributed by atoms with van der Waals surface area (Å²) < 4.78 is 15.5. The van der Waals surface area contributed by atoms with Gasteiger partial charge in [-0.1, -0.05) is 35.9 Å². The van der Waals surface area contributed by atoms with Gasteiger partial charge in [0.05, 0.1) is 30.6 Å². The fourth-order valence-corrected chi connectivity index (χ4v) is 5.50. The molecule has 0 saturated carbocycles. The lowest BCUT2D eigenvalue weighted by Gasteiger charge is -2.36. The number of furan rings is 1. The van der Waals surface area contributed by atoms with Gasteiger partial charge in [0, 0.05) is 57.1 Å². The van der Waals surface area contributed by atoms with E-state index >= 15 is 0 Å². The summed E-state index contributed by atoms with van der Waals surface area (Å²) >= 11 is 7.71. The Bertz CT molecular complexity index is 1340. The Kier molecular flexibility index (Phi) is 8.45. The number of para-hydroxylation sites is 1. The molecule has 198 valence electrons. The maximum Gasteiger partial charge on any atom is 0.224 e. The minimum absolute atomic E-state index is 0.134. The second kappa shape index (κ2) is 12.3. The molecule has 1 saturated heterocycles. The van der Waals surface area contributed by atoms with Gasteiger partial charge < -0.3 is 23.9 Å². The Morgan fingerprint density at radius 3 is 2.71 bits per heavy atom. The van der Waals surface area contributed by atoms with Crippen LogP contribution in [0.4, 0.5) is 10.8 Å². The van der Waals surface area contributed by atoms with Crippen molar-refractivity contribution in [1.82, 2.24) is 14.3 Å². The molecule has 0 spiro atoms. The van der Waals surface area contributed by atoms with Crippen LogP contribution >= 0.6 is 23.1 Å². The number of carbonyl (C=O) groups excluding carboxylic acids is 1. The molecule has 0 N–H and O–H groups in total. The Hall–Kier alpha value is -3.56. The number of piperazine rings is 1. The summed E-state index contributed by atoms with van der Waals surface area (Å²) in [4.78, 5) is 24.2.